The van der Waals surface area contributed by atoms with Gasteiger partial charge in [0.05, 0.1) is 0 Å². The minimum Gasteiger partial charge on any atom is -0.373 e. The number of nitrogens with one attached hydrogen (secondary N) is 1. The van der Waals surface area contributed by atoms with Gasteiger partial charge < -0.3 is 5.32 Å². The molecule has 0 fully saturated rings. The second kappa shape index (κ2) is 6.46. The molecule has 0 aromatic carbocycles. The van der Waals surface area contributed by atoms with E-state index in [0.717, 1.165) is 35.7 Å². The fourth-order valence-corrected chi connectivity index (χ4v) is 2.20. The SMILES string of the molecule is CCc1cnccc1-c1nc(CC(C)C)cc(NC)n1. The van der Waals surface area contributed by atoms with Crippen molar-refractivity contribution in [2.45, 2.75) is 33.6 Å². The molecule has 4 heteroatoms. The van der Waals surface area contributed by atoms with Crippen molar-refractivity contribution in [3.63, 3.8) is 0 Å². The Hall–Kier alpha value is -1.97. The Balaban J connectivity index is 2.49. The van der Waals surface area contributed by atoms with Gasteiger partial charge in [0.2, 0.25) is 0 Å². The number of hydrogen-bond donors (Lipinski definition) is 1. The molecule has 0 aliphatic carbocycles. The quantitative estimate of drug-likeness (QED) is 0.905. The lowest BCUT2D eigenvalue weighted by Gasteiger charge is -2.11. The van der Waals surface area contributed by atoms with E-state index in [2.05, 4.69) is 36.1 Å². The molecule has 4 nitrogen and oxygen atoms in total. The van der Waals surface area contributed by atoms with Gasteiger partial charge in [-0.2, -0.15) is 0 Å². The largest absolute Gasteiger partial charge is 0.373 e. The Bertz CT molecular complexity index is 578. The fraction of sp³-hybridized carbons (Fsp3) is 0.438. The lowest BCUT2D eigenvalue weighted by molar-refractivity contribution is 0.635. The standard InChI is InChI=1S/C16H22N4/c1-5-12-10-18-7-6-14(12)16-19-13(8-11(2)3)9-15(17-4)20-16/h6-7,9-11H,5,8H2,1-4H3,(H,17,19,20). The molecule has 0 saturated carbocycles. The first-order valence-electron chi connectivity index (χ1n) is 7.13. The van der Waals surface area contributed by atoms with Crippen molar-refractivity contribution < 1.29 is 0 Å². The van der Waals surface area contributed by atoms with Crippen LogP contribution in [0.4, 0.5) is 5.82 Å². The summed E-state index contributed by atoms with van der Waals surface area (Å²) in [6.45, 7) is 6.52. The Morgan fingerprint density at radius 1 is 1.25 bits per heavy atom. The maximum atomic E-state index is 4.72. The lowest BCUT2D eigenvalue weighted by atomic mass is 10.1. The Kier molecular flexibility index (Phi) is 4.66. The Labute approximate surface area is 120 Å². The first-order valence-corrected chi connectivity index (χ1v) is 7.13. The van der Waals surface area contributed by atoms with Crippen LogP contribution in [0, 0.1) is 5.92 Å². The van der Waals surface area contributed by atoms with Crippen molar-refractivity contribution in [3.05, 3.63) is 35.8 Å². The molecule has 0 bridgehead atoms. The summed E-state index contributed by atoms with van der Waals surface area (Å²) in [7, 11) is 1.89. The van der Waals surface area contributed by atoms with Crippen molar-refractivity contribution in [3.8, 4) is 11.4 Å². The van der Waals surface area contributed by atoms with Crippen LogP contribution < -0.4 is 5.32 Å². The summed E-state index contributed by atoms with van der Waals surface area (Å²) in [5, 5.41) is 3.12. The molecule has 0 aliphatic rings. The van der Waals surface area contributed by atoms with Gasteiger partial charge in [-0.15, -0.1) is 0 Å². The number of anilines is 1. The van der Waals surface area contributed by atoms with E-state index in [-0.39, 0.29) is 0 Å². The van der Waals surface area contributed by atoms with Crippen molar-refractivity contribution in [1.29, 1.82) is 0 Å². The zero-order chi connectivity index (χ0) is 14.5. The average Bonchev–Trinajstić information content (AvgIpc) is 2.46. The topological polar surface area (TPSA) is 50.7 Å². The number of rotatable bonds is 5. The number of hydrogen-bond acceptors (Lipinski definition) is 4. The van der Waals surface area contributed by atoms with Crippen molar-refractivity contribution in [1.82, 2.24) is 15.0 Å². The highest BCUT2D eigenvalue weighted by atomic mass is 15.0. The number of nitrogens with zero attached hydrogens (tertiary/aromatic N) is 3. The third kappa shape index (κ3) is 3.32. The summed E-state index contributed by atoms with van der Waals surface area (Å²) >= 11 is 0. The van der Waals surface area contributed by atoms with Gasteiger partial charge in [0.25, 0.3) is 0 Å². The smallest absolute Gasteiger partial charge is 0.162 e. The molecular weight excluding hydrogens is 248 g/mol. The molecule has 0 radical (unpaired) electrons. The van der Waals surface area contributed by atoms with Gasteiger partial charge in [-0.05, 0) is 30.4 Å². The predicted molar refractivity (Wildman–Crippen MR) is 82.7 cm³/mol. The molecule has 2 rings (SSSR count). The maximum absolute atomic E-state index is 4.72. The molecule has 2 aromatic heterocycles. The average molecular weight is 270 g/mol. The van der Waals surface area contributed by atoms with E-state index in [1.54, 1.807) is 6.20 Å². The molecular formula is C16H22N4. The maximum Gasteiger partial charge on any atom is 0.162 e. The van der Waals surface area contributed by atoms with Gasteiger partial charge in [0, 0.05) is 36.8 Å². The molecule has 0 spiro atoms. The van der Waals surface area contributed by atoms with E-state index in [0.29, 0.717) is 5.92 Å². The third-order valence-electron chi connectivity index (χ3n) is 3.18. The van der Waals surface area contributed by atoms with Crippen LogP contribution in [0.2, 0.25) is 0 Å². The number of aromatic nitrogens is 3. The highest BCUT2D eigenvalue weighted by molar-refractivity contribution is 5.61. The van der Waals surface area contributed by atoms with Gasteiger partial charge in [0.1, 0.15) is 5.82 Å². The zero-order valence-corrected chi connectivity index (χ0v) is 12.6. The lowest BCUT2D eigenvalue weighted by Crippen LogP contribution is -2.04. The minimum atomic E-state index is 0.575. The fourth-order valence-electron chi connectivity index (χ4n) is 2.20. The summed E-state index contributed by atoms with van der Waals surface area (Å²) in [6.07, 6.45) is 5.57. The molecule has 0 atom stereocenters. The highest BCUT2D eigenvalue weighted by Crippen LogP contribution is 2.22. The second-order valence-corrected chi connectivity index (χ2v) is 5.30. The van der Waals surface area contributed by atoms with E-state index in [4.69, 9.17) is 4.98 Å². The Morgan fingerprint density at radius 3 is 2.70 bits per heavy atom. The van der Waals surface area contributed by atoms with Gasteiger partial charge >= 0.3 is 0 Å². The molecule has 2 heterocycles. The van der Waals surface area contributed by atoms with Crippen molar-refractivity contribution in [2.24, 2.45) is 5.92 Å². The van der Waals surface area contributed by atoms with E-state index in [1.807, 2.05) is 25.4 Å². The summed E-state index contributed by atoms with van der Waals surface area (Å²) in [6, 6.07) is 4.02. The van der Waals surface area contributed by atoms with Crippen LogP contribution in [-0.4, -0.2) is 22.0 Å². The molecule has 2 aromatic rings. The number of aryl methyl sites for hydroxylation is 1. The van der Waals surface area contributed by atoms with E-state index in [1.165, 1.54) is 5.56 Å². The third-order valence-corrected chi connectivity index (χ3v) is 3.18. The van der Waals surface area contributed by atoms with Crippen molar-refractivity contribution in [2.75, 3.05) is 12.4 Å². The van der Waals surface area contributed by atoms with Crippen molar-refractivity contribution >= 4 is 5.82 Å². The van der Waals surface area contributed by atoms with Gasteiger partial charge in [-0.1, -0.05) is 20.8 Å². The molecule has 0 unspecified atom stereocenters. The minimum absolute atomic E-state index is 0.575. The second-order valence-electron chi connectivity index (χ2n) is 5.30. The molecule has 0 saturated heterocycles. The predicted octanol–water partition coefficient (Wildman–Crippen LogP) is 3.34. The van der Waals surface area contributed by atoms with Crippen LogP contribution >= 0.6 is 0 Å². The monoisotopic (exact) mass is 270 g/mol. The first kappa shape index (κ1) is 14.4. The first-order chi connectivity index (χ1) is 9.63. The van der Waals surface area contributed by atoms with E-state index >= 15 is 0 Å². The molecule has 1 N–H and O–H groups in total. The summed E-state index contributed by atoms with van der Waals surface area (Å²) in [5.74, 6) is 2.22. The number of pyridine rings is 1. The van der Waals surface area contributed by atoms with E-state index < -0.39 is 0 Å². The highest BCUT2D eigenvalue weighted by Gasteiger charge is 2.10. The van der Waals surface area contributed by atoms with E-state index in [9.17, 15) is 0 Å². The summed E-state index contributed by atoms with van der Waals surface area (Å²) in [5.41, 5.74) is 3.33. The summed E-state index contributed by atoms with van der Waals surface area (Å²) < 4.78 is 0. The molecule has 0 aliphatic heterocycles. The van der Waals surface area contributed by atoms with Crippen LogP contribution in [0.1, 0.15) is 32.0 Å². The van der Waals surface area contributed by atoms with Crippen LogP contribution in [0.15, 0.2) is 24.5 Å². The van der Waals surface area contributed by atoms with Gasteiger partial charge in [-0.3, -0.25) is 4.98 Å². The summed E-state index contributed by atoms with van der Waals surface area (Å²) in [4.78, 5) is 13.5. The normalized spacial score (nSPS) is 10.8. The molecule has 20 heavy (non-hydrogen) atoms. The van der Waals surface area contributed by atoms with Crippen LogP contribution in [0.3, 0.4) is 0 Å². The van der Waals surface area contributed by atoms with Crippen LogP contribution in [0.25, 0.3) is 11.4 Å². The Morgan fingerprint density at radius 2 is 2.05 bits per heavy atom. The van der Waals surface area contributed by atoms with Gasteiger partial charge in [-0.25, -0.2) is 9.97 Å². The van der Waals surface area contributed by atoms with Crippen LogP contribution in [-0.2, 0) is 12.8 Å². The van der Waals surface area contributed by atoms with Crippen LogP contribution in [0.5, 0.6) is 0 Å². The van der Waals surface area contributed by atoms with Gasteiger partial charge in [0.15, 0.2) is 5.82 Å². The zero-order valence-electron chi connectivity index (χ0n) is 12.6. The molecule has 106 valence electrons. The molecule has 0 amide bonds.